The lowest BCUT2D eigenvalue weighted by atomic mass is 10.1. The first-order valence-corrected chi connectivity index (χ1v) is 8.49. The van der Waals surface area contributed by atoms with Gasteiger partial charge in [0.1, 0.15) is 5.82 Å². The number of aryl methyl sites for hydroxylation is 1. The van der Waals surface area contributed by atoms with E-state index >= 15 is 0 Å². The number of nitrogens with zero attached hydrogens (tertiary/aromatic N) is 3. The Bertz CT molecular complexity index is 690. The van der Waals surface area contributed by atoms with E-state index in [1.165, 1.54) is 18.5 Å². The van der Waals surface area contributed by atoms with Crippen LogP contribution in [0.5, 0.6) is 0 Å². The number of amides is 2. The molecule has 1 saturated heterocycles. The van der Waals surface area contributed by atoms with E-state index in [-0.39, 0.29) is 12.1 Å². The summed E-state index contributed by atoms with van der Waals surface area (Å²) < 4.78 is 1.89. The van der Waals surface area contributed by atoms with Crippen LogP contribution in [0.4, 0.5) is 10.5 Å². The van der Waals surface area contributed by atoms with E-state index in [0.29, 0.717) is 6.54 Å². The molecule has 2 N–H and O–H groups in total. The van der Waals surface area contributed by atoms with E-state index in [4.69, 9.17) is 0 Å². The van der Waals surface area contributed by atoms with Crippen molar-refractivity contribution in [3.05, 3.63) is 48.0 Å². The Hall–Kier alpha value is -2.50. The maximum absolute atomic E-state index is 12.1. The van der Waals surface area contributed by atoms with Gasteiger partial charge < -0.3 is 20.1 Å². The number of urea groups is 1. The smallest absolute Gasteiger partial charge is 0.315 e. The zero-order valence-corrected chi connectivity index (χ0v) is 14.3. The van der Waals surface area contributed by atoms with Gasteiger partial charge in [0.15, 0.2) is 0 Å². The first kappa shape index (κ1) is 16.4. The minimum Gasteiger partial charge on any atom is -0.372 e. The number of imidazole rings is 1. The van der Waals surface area contributed by atoms with Gasteiger partial charge in [0.05, 0.1) is 12.6 Å². The van der Waals surface area contributed by atoms with Crippen LogP contribution < -0.4 is 15.5 Å². The van der Waals surface area contributed by atoms with E-state index in [9.17, 15) is 4.79 Å². The van der Waals surface area contributed by atoms with Gasteiger partial charge in [0.2, 0.25) is 0 Å². The maximum Gasteiger partial charge on any atom is 0.315 e. The van der Waals surface area contributed by atoms with Crippen LogP contribution in [0.2, 0.25) is 0 Å². The lowest BCUT2D eigenvalue weighted by molar-refractivity contribution is 0.237. The molecule has 0 bridgehead atoms. The zero-order chi connectivity index (χ0) is 16.9. The van der Waals surface area contributed by atoms with Crippen molar-refractivity contribution in [2.45, 2.75) is 32.4 Å². The van der Waals surface area contributed by atoms with Crippen LogP contribution >= 0.6 is 0 Å². The maximum atomic E-state index is 12.1. The minimum atomic E-state index is -0.183. The third-order valence-electron chi connectivity index (χ3n) is 4.52. The quantitative estimate of drug-likeness (QED) is 0.887. The van der Waals surface area contributed by atoms with Gasteiger partial charge in [-0.3, -0.25) is 0 Å². The highest BCUT2D eigenvalue weighted by molar-refractivity contribution is 5.74. The standard InChI is InChI=1S/C18H25N5O/c1-14(21-18(24)20-13-17-19-8-11-22(17)2)15-6-5-7-16(12-15)23-9-3-4-10-23/h5-8,11-12,14H,3-4,9-10,13H2,1-2H3,(H2,20,21,24)/t14-/m1/s1. The summed E-state index contributed by atoms with van der Waals surface area (Å²) in [7, 11) is 1.91. The summed E-state index contributed by atoms with van der Waals surface area (Å²) >= 11 is 0. The number of anilines is 1. The Kier molecular flexibility index (Phi) is 5.03. The molecule has 2 heterocycles. The Morgan fingerprint density at radius 2 is 2.12 bits per heavy atom. The average Bonchev–Trinajstić information content (AvgIpc) is 3.25. The molecule has 3 rings (SSSR count). The fourth-order valence-corrected chi connectivity index (χ4v) is 3.02. The summed E-state index contributed by atoms with van der Waals surface area (Å²) in [4.78, 5) is 18.7. The van der Waals surface area contributed by atoms with Crippen molar-refractivity contribution >= 4 is 11.7 Å². The number of hydrogen-bond donors (Lipinski definition) is 2. The van der Waals surface area contributed by atoms with Crippen molar-refractivity contribution < 1.29 is 4.79 Å². The van der Waals surface area contributed by atoms with Gasteiger partial charge in [-0.1, -0.05) is 12.1 Å². The lowest BCUT2D eigenvalue weighted by Crippen LogP contribution is -2.37. The Morgan fingerprint density at radius 3 is 2.83 bits per heavy atom. The van der Waals surface area contributed by atoms with Crippen LogP contribution in [0.3, 0.4) is 0 Å². The molecule has 1 aliphatic rings. The van der Waals surface area contributed by atoms with Gasteiger partial charge >= 0.3 is 6.03 Å². The highest BCUT2D eigenvalue weighted by atomic mass is 16.2. The third-order valence-corrected chi connectivity index (χ3v) is 4.52. The number of carbonyl (C=O) groups excluding carboxylic acids is 1. The number of carbonyl (C=O) groups is 1. The third kappa shape index (κ3) is 3.88. The van der Waals surface area contributed by atoms with E-state index in [1.54, 1.807) is 6.20 Å². The van der Waals surface area contributed by atoms with Crippen LogP contribution in [0.1, 0.15) is 37.2 Å². The number of hydrogen-bond acceptors (Lipinski definition) is 3. The molecule has 1 aromatic carbocycles. The van der Waals surface area contributed by atoms with Crippen molar-refractivity contribution in [3.8, 4) is 0 Å². The molecular formula is C18H25N5O. The first-order chi connectivity index (χ1) is 11.6. The first-order valence-electron chi connectivity index (χ1n) is 8.49. The molecule has 1 fully saturated rings. The van der Waals surface area contributed by atoms with E-state index < -0.39 is 0 Å². The van der Waals surface area contributed by atoms with Crippen LogP contribution in [-0.2, 0) is 13.6 Å². The number of nitrogens with one attached hydrogen (secondary N) is 2. The molecule has 0 unspecified atom stereocenters. The lowest BCUT2D eigenvalue weighted by Gasteiger charge is -2.21. The fraction of sp³-hybridized carbons (Fsp3) is 0.444. The van der Waals surface area contributed by atoms with Crippen molar-refractivity contribution in [3.63, 3.8) is 0 Å². The molecule has 0 aliphatic carbocycles. The van der Waals surface area contributed by atoms with Gasteiger partial charge in [0.25, 0.3) is 0 Å². The molecule has 128 valence electrons. The summed E-state index contributed by atoms with van der Waals surface area (Å²) in [5.41, 5.74) is 2.36. The summed E-state index contributed by atoms with van der Waals surface area (Å²) in [6.07, 6.45) is 6.10. The highest BCUT2D eigenvalue weighted by Crippen LogP contribution is 2.23. The Morgan fingerprint density at radius 1 is 1.33 bits per heavy atom. The molecule has 1 aliphatic heterocycles. The average molecular weight is 327 g/mol. The van der Waals surface area contributed by atoms with Crippen molar-refractivity contribution in [2.24, 2.45) is 7.05 Å². The summed E-state index contributed by atoms with van der Waals surface area (Å²) in [5, 5.41) is 5.84. The second kappa shape index (κ2) is 7.38. The SMILES string of the molecule is C[C@@H](NC(=O)NCc1nccn1C)c1cccc(N2CCCC2)c1. The number of aromatic nitrogens is 2. The largest absolute Gasteiger partial charge is 0.372 e. The predicted molar refractivity (Wildman–Crippen MR) is 94.9 cm³/mol. The Labute approximate surface area is 142 Å². The van der Waals surface area contributed by atoms with Crippen LogP contribution in [-0.4, -0.2) is 28.7 Å². The van der Waals surface area contributed by atoms with Gasteiger partial charge in [-0.15, -0.1) is 0 Å². The highest BCUT2D eigenvalue weighted by Gasteiger charge is 2.15. The van der Waals surface area contributed by atoms with Crippen LogP contribution in [0.15, 0.2) is 36.7 Å². The Balaban J connectivity index is 1.56. The molecule has 1 aromatic heterocycles. The number of benzene rings is 1. The predicted octanol–water partition coefficient (Wildman–Crippen LogP) is 2.58. The fourth-order valence-electron chi connectivity index (χ4n) is 3.02. The second-order valence-electron chi connectivity index (χ2n) is 6.29. The van der Waals surface area contributed by atoms with E-state index in [0.717, 1.165) is 24.5 Å². The monoisotopic (exact) mass is 327 g/mol. The molecule has 2 aromatic rings. The van der Waals surface area contributed by atoms with Gasteiger partial charge in [-0.2, -0.15) is 0 Å². The summed E-state index contributed by atoms with van der Waals surface area (Å²) in [5.74, 6) is 0.828. The number of rotatable bonds is 5. The molecule has 0 spiro atoms. The molecule has 6 heteroatoms. The molecule has 0 saturated carbocycles. The molecule has 0 radical (unpaired) electrons. The molecule has 2 amide bonds. The van der Waals surface area contributed by atoms with E-state index in [1.807, 2.05) is 24.7 Å². The second-order valence-corrected chi connectivity index (χ2v) is 6.29. The molecule has 24 heavy (non-hydrogen) atoms. The minimum absolute atomic E-state index is 0.0473. The topological polar surface area (TPSA) is 62.2 Å². The van der Waals surface area contributed by atoms with Crippen LogP contribution in [0, 0.1) is 0 Å². The summed E-state index contributed by atoms with van der Waals surface area (Å²) in [6, 6.07) is 8.21. The normalized spacial score (nSPS) is 15.3. The molecule has 6 nitrogen and oxygen atoms in total. The zero-order valence-electron chi connectivity index (χ0n) is 14.3. The van der Waals surface area contributed by atoms with Crippen molar-refractivity contribution in [2.75, 3.05) is 18.0 Å². The van der Waals surface area contributed by atoms with Gasteiger partial charge in [-0.25, -0.2) is 9.78 Å². The molecule has 1 atom stereocenters. The van der Waals surface area contributed by atoms with Crippen molar-refractivity contribution in [1.29, 1.82) is 0 Å². The van der Waals surface area contributed by atoms with Crippen molar-refractivity contribution in [1.82, 2.24) is 20.2 Å². The van der Waals surface area contributed by atoms with Gasteiger partial charge in [-0.05, 0) is 37.5 Å². The summed E-state index contributed by atoms with van der Waals surface area (Å²) in [6.45, 7) is 4.66. The van der Waals surface area contributed by atoms with E-state index in [2.05, 4.69) is 44.8 Å². The van der Waals surface area contributed by atoms with Crippen LogP contribution in [0.25, 0.3) is 0 Å². The molecular weight excluding hydrogens is 302 g/mol. The van der Waals surface area contributed by atoms with Gasteiger partial charge in [0, 0.05) is 38.2 Å².